The summed E-state index contributed by atoms with van der Waals surface area (Å²) in [5.74, 6) is -1.11. The Morgan fingerprint density at radius 2 is 2.53 bits per heavy atom. The zero-order valence-electron chi connectivity index (χ0n) is 8.69. The Morgan fingerprint density at radius 1 is 1.80 bits per heavy atom. The number of nitrogens with one attached hydrogen (secondary N) is 1. The standard InChI is InChI=1S/C9H14N2O3S/c1-3-14-8(13)6(4-12)7-5-15-9(10-2)11-7/h5-6,12H,3-4H2,1-2H3,(H,10,11). The first-order chi connectivity index (χ1) is 7.22. The lowest BCUT2D eigenvalue weighted by Gasteiger charge is -2.09. The summed E-state index contributed by atoms with van der Waals surface area (Å²) in [7, 11) is 1.75. The van der Waals surface area contributed by atoms with Gasteiger partial charge in [0.1, 0.15) is 5.92 Å². The van der Waals surface area contributed by atoms with Gasteiger partial charge in [0.05, 0.1) is 18.9 Å². The van der Waals surface area contributed by atoms with Gasteiger partial charge < -0.3 is 15.2 Å². The molecule has 15 heavy (non-hydrogen) atoms. The van der Waals surface area contributed by atoms with Crippen LogP contribution in [-0.4, -0.2) is 36.3 Å². The van der Waals surface area contributed by atoms with E-state index in [-0.39, 0.29) is 6.61 Å². The van der Waals surface area contributed by atoms with E-state index in [1.165, 1.54) is 11.3 Å². The maximum atomic E-state index is 11.4. The van der Waals surface area contributed by atoms with Crippen molar-refractivity contribution in [2.45, 2.75) is 12.8 Å². The number of hydrogen-bond acceptors (Lipinski definition) is 6. The van der Waals surface area contributed by atoms with Crippen LogP contribution in [0.25, 0.3) is 0 Å². The third-order valence-corrected chi connectivity index (χ3v) is 2.72. The van der Waals surface area contributed by atoms with E-state index in [4.69, 9.17) is 9.84 Å². The van der Waals surface area contributed by atoms with Crippen LogP contribution >= 0.6 is 11.3 Å². The number of hydrogen-bond donors (Lipinski definition) is 2. The Balaban J connectivity index is 2.77. The average Bonchev–Trinajstić information content (AvgIpc) is 2.68. The molecule has 1 unspecified atom stereocenters. The van der Waals surface area contributed by atoms with Gasteiger partial charge in [0.15, 0.2) is 5.13 Å². The van der Waals surface area contributed by atoms with Gasteiger partial charge in [0.2, 0.25) is 0 Å². The predicted octanol–water partition coefficient (Wildman–Crippen LogP) is 0.824. The van der Waals surface area contributed by atoms with Crippen LogP contribution in [0.15, 0.2) is 5.38 Å². The number of nitrogens with zero attached hydrogens (tertiary/aromatic N) is 1. The molecule has 0 fully saturated rings. The van der Waals surface area contributed by atoms with Crippen molar-refractivity contribution in [1.82, 2.24) is 4.98 Å². The topological polar surface area (TPSA) is 71.5 Å². The van der Waals surface area contributed by atoms with Crippen LogP contribution < -0.4 is 5.32 Å². The van der Waals surface area contributed by atoms with Gasteiger partial charge in [0, 0.05) is 12.4 Å². The Bertz CT molecular complexity index is 327. The molecule has 0 aliphatic rings. The van der Waals surface area contributed by atoms with Crippen LogP contribution in [-0.2, 0) is 9.53 Å². The number of aliphatic hydroxyl groups is 1. The van der Waals surface area contributed by atoms with Gasteiger partial charge in [-0.05, 0) is 6.92 Å². The number of anilines is 1. The van der Waals surface area contributed by atoms with E-state index in [1.54, 1.807) is 19.4 Å². The van der Waals surface area contributed by atoms with E-state index in [1.807, 2.05) is 0 Å². The van der Waals surface area contributed by atoms with Gasteiger partial charge in [-0.25, -0.2) is 4.98 Å². The molecular weight excluding hydrogens is 216 g/mol. The van der Waals surface area contributed by atoms with E-state index < -0.39 is 11.9 Å². The van der Waals surface area contributed by atoms with Gasteiger partial charge in [-0.1, -0.05) is 0 Å². The molecule has 0 aliphatic heterocycles. The van der Waals surface area contributed by atoms with Crippen molar-refractivity contribution in [3.63, 3.8) is 0 Å². The van der Waals surface area contributed by atoms with E-state index in [9.17, 15) is 4.79 Å². The summed E-state index contributed by atoms with van der Waals surface area (Å²) < 4.78 is 4.84. The molecular formula is C9H14N2O3S. The molecule has 0 spiro atoms. The number of ether oxygens (including phenoxy) is 1. The molecule has 0 amide bonds. The maximum absolute atomic E-state index is 11.4. The zero-order chi connectivity index (χ0) is 11.3. The minimum absolute atomic E-state index is 0.286. The molecule has 1 aromatic rings. The van der Waals surface area contributed by atoms with Crippen molar-refractivity contribution in [3.8, 4) is 0 Å². The molecule has 1 aromatic heterocycles. The smallest absolute Gasteiger partial charge is 0.317 e. The molecule has 1 atom stereocenters. The zero-order valence-corrected chi connectivity index (χ0v) is 9.50. The summed E-state index contributed by atoms with van der Waals surface area (Å²) in [5, 5.41) is 14.4. The maximum Gasteiger partial charge on any atom is 0.317 e. The number of esters is 1. The fraction of sp³-hybridized carbons (Fsp3) is 0.556. The molecule has 1 rings (SSSR count). The molecule has 0 bridgehead atoms. The molecule has 0 saturated carbocycles. The predicted molar refractivity (Wildman–Crippen MR) is 58.1 cm³/mol. The lowest BCUT2D eigenvalue weighted by atomic mass is 10.1. The van der Waals surface area contributed by atoms with Crippen LogP contribution in [0.4, 0.5) is 5.13 Å². The molecule has 0 aliphatic carbocycles. The van der Waals surface area contributed by atoms with Crippen LogP contribution in [0.5, 0.6) is 0 Å². The summed E-state index contributed by atoms with van der Waals surface area (Å²) in [4.78, 5) is 15.6. The average molecular weight is 230 g/mol. The molecule has 2 N–H and O–H groups in total. The number of aliphatic hydroxyl groups excluding tert-OH is 1. The van der Waals surface area contributed by atoms with Crippen LogP contribution in [0.1, 0.15) is 18.5 Å². The van der Waals surface area contributed by atoms with Crippen molar-refractivity contribution < 1.29 is 14.6 Å². The second-order valence-corrected chi connectivity index (χ2v) is 3.67. The van der Waals surface area contributed by atoms with E-state index in [2.05, 4.69) is 10.3 Å². The number of rotatable bonds is 5. The van der Waals surface area contributed by atoms with Crippen molar-refractivity contribution in [3.05, 3.63) is 11.1 Å². The molecule has 0 saturated heterocycles. The Kier molecular flexibility index (Phi) is 4.51. The summed E-state index contributed by atoms with van der Waals surface area (Å²) in [5.41, 5.74) is 0.547. The summed E-state index contributed by atoms with van der Waals surface area (Å²) in [6.07, 6.45) is 0. The van der Waals surface area contributed by atoms with E-state index in [0.717, 1.165) is 0 Å². The van der Waals surface area contributed by atoms with Gasteiger partial charge in [-0.3, -0.25) is 4.79 Å². The minimum atomic E-state index is -0.678. The Labute approximate surface area is 92.1 Å². The Morgan fingerprint density at radius 3 is 3.00 bits per heavy atom. The second-order valence-electron chi connectivity index (χ2n) is 2.81. The monoisotopic (exact) mass is 230 g/mol. The molecule has 0 aromatic carbocycles. The van der Waals surface area contributed by atoms with Crippen LogP contribution in [0.3, 0.4) is 0 Å². The highest BCUT2D eigenvalue weighted by atomic mass is 32.1. The second kappa shape index (κ2) is 5.67. The number of thiazole rings is 1. The molecule has 1 heterocycles. The fourth-order valence-electron chi connectivity index (χ4n) is 1.09. The van der Waals surface area contributed by atoms with E-state index >= 15 is 0 Å². The van der Waals surface area contributed by atoms with Crippen molar-refractivity contribution >= 4 is 22.4 Å². The summed E-state index contributed by atoms with van der Waals surface area (Å²) in [6.45, 7) is 1.75. The van der Waals surface area contributed by atoms with Crippen molar-refractivity contribution in [2.24, 2.45) is 0 Å². The fourth-order valence-corrected chi connectivity index (χ4v) is 1.82. The largest absolute Gasteiger partial charge is 0.465 e. The van der Waals surface area contributed by atoms with Gasteiger partial charge >= 0.3 is 5.97 Å². The van der Waals surface area contributed by atoms with Gasteiger partial charge in [0.25, 0.3) is 0 Å². The summed E-state index contributed by atoms with van der Waals surface area (Å²) >= 11 is 1.39. The quantitative estimate of drug-likeness (QED) is 0.733. The molecule has 5 nitrogen and oxygen atoms in total. The van der Waals surface area contributed by atoms with Crippen LogP contribution in [0.2, 0.25) is 0 Å². The van der Waals surface area contributed by atoms with Crippen molar-refractivity contribution in [2.75, 3.05) is 25.6 Å². The number of carbonyl (C=O) groups excluding carboxylic acids is 1. The highest BCUT2D eigenvalue weighted by Gasteiger charge is 2.23. The normalized spacial score (nSPS) is 12.2. The lowest BCUT2D eigenvalue weighted by molar-refractivity contribution is -0.146. The first kappa shape index (κ1) is 11.9. The lowest BCUT2D eigenvalue weighted by Crippen LogP contribution is -2.19. The van der Waals surface area contributed by atoms with E-state index in [0.29, 0.717) is 17.4 Å². The van der Waals surface area contributed by atoms with Crippen LogP contribution in [0, 0.1) is 0 Å². The Hall–Kier alpha value is -1.14. The highest BCUT2D eigenvalue weighted by molar-refractivity contribution is 7.13. The van der Waals surface area contributed by atoms with Gasteiger partial charge in [-0.2, -0.15) is 0 Å². The van der Waals surface area contributed by atoms with Gasteiger partial charge in [-0.15, -0.1) is 11.3 Å². The molecule has 0 radical (unpaired) electrons. The SMILES string of the molecule is CCOC(=O)C(CO)c1csc(NC)n1. The first-order valence-electron chi connectivity index (χ1n) is 4.63. The minimum Gasteiger partial charge on any atom is -0.465 e. The third kappa shape index (κ3) is 2.90. The first-order valence-corrected chi connectivity index (χ1v) is 5.51. The number of aromatic nitrogens is 1. The molecule has 84 valence electrons. The van der Waals surface area contributed by atoms with Crippen molar-refractivity contribution in [1.29, 1.82) is 0 Å². The molecule has 6 heteroatoms. The summed E-state index contributed by atoms with van der Waals surface area (Å²) in [6, 6.07) is 0. The number of carbonyl (C=O) groups is 1. The third-order valence-electron chi connectivity index (χ3n) is 1.85. The highest BCUT2D eigenvalue weighted by Crippen LogP contribution is 2.22.